The molecule has 3 aromatic rings. The van der Waals surface area contributed by atoms with Crippen LogP contribution in [-0.2, 0) is 11.2 Å². The number of rotatable bonds is 5. The third-order valence-electron chi connectivity index (χ3n) is 3.14. The fraction of sp³-hybridized carbons (Fsp3) is 0.118. The fourth-order valence-electron chi connectivity index (χ4n) is 2.15. The first-order valence-electron chi connectivity index (χ1n) is 6.57. The quantitative estimate of drug-likeness (QED) is 0.541. The van der Waals surface area contributed by atoms with Crippen LogP contribution in [0.25, 0.3) is 10.1 Å². The Labute approximate surface area is 140 Å². The monoisotopic (exact) mass is 376 g/mol. The third kappa shape index (κ3) is 3.76. The molecule has 4 heteroatoms. The molecule has 0 N–H and O–H groups in total. The van der Waals surface area contributed by atoms with Crippen molar-refractivity contribution >= 4 is 54.9 Å². The van der Waals surface area contributed by atoms with E-state index >= 15 is 0 Å². The van der Waals surface area contributed by atoms with Crippen LogP contribution in [0.1, 0.15) is 5.56 Å². The number of carbonyl (C=O) groups excluding carboxylic acids is 1. The van der Waals surface area contributed by atoms with Gasteiger partial charge in [-0.2, -0.15) is 0 Å². The molecule has 0 aliphatic carbocycles. The highest BCUT2D eigenvalue weighted by molar-refractivity contribution is 9.10. The van der Waals surface area contributed by atoms with E-state index in [9.17, 15) is 4.79 Å². The van der Waals surface area contributed by atoms with Gasteiger partial charge in [-0.05, 0) is 40.6 Å². The average Bonchev–Trinajstić information content (AvgIpc) is 2.89. The molecule has 21 heavy (non-hydrogen) atoms. The van der Waals surface area contributed by atoms with Crippen molar-refractivity contribution < 1.29 is 4.79 Å². The summed E-state index contributed by atoms with van der Waals surface area (Å²) in [5.41, 5.74) is 1.15. The number of carbonyl (C=O) groups is 1. The predicted octanol–water partition coefficient (Wildman–Crippen LogP) is 5.57. The first-order valence-corrected chi connectivity index (χ1v) is 9.23. The molecule has 0 saturated heterocycles. The van der Waals surface area contributed by atoms with Gasteiger partial charge in [-0.3, -0.25) is 4.79 Å². The summed E-state index contributed by atoms with van der Waals surface area (Å²) in [5, 5.41) is 3.31. The summed E-state index contributed by atoms with van der Waals surface area (Å²) in [6.45, 7) is 0. The van der Waals surface area contributed by atoms with Gasteiger partial charge in [-0.15, -0.1) is 23.1 Å². The number of halogens is 1. The first-order chi connectivity index (χ1) is 10.2. The summed E-state index contributed by atoms with van der Waals surface area (Å²) in [7, 11) is 0. The van der Waals surface area contributed by atoms with Gasteiger partial charge >= 0.3 is 0 Å². The Morgan fingerprint density at radius 1 is 1.14 bits per heavy atom. The second-order valence-corrected chi connectivity index (χ2v) is 7.59. The molecule has 0 fully saturated rings. The molecule has 1 nitrogen and oxygen atoms in total. The number of hydrogen-bond acceptors (Lipinski definition) is 3. The van der Waals surface area contributed by atoms with Crippen LogP contribution < -0.4 is 0 Å². The van der Waals surface area contributed by atoms with Crippen LogP contribution >= 0.6 is 39.0 Å². The number of Topliss-reactive ketones (excluding diaryl/α,β-unsaturated/α-hetero) is 1. The van der Waals surface area contributed by atoms with Crippen LogP contribution in [0.4, 0.5) is 0 Å². The predicted molar refractivity (Wildman–Crippen MR) is 95.4 cm³/mol. The van der Waals surface area contributed by atoms with Gasteiger partial charge in [0.25, 0.3) is 0 Å². The van der Waals surface area contributed by atoms with E-state index < -0.39 is 0 Å². The van der Waals surface area contributed by atoms with Crippen molar-refractivity contribution in [1.82, 2.24) is 0 Å². The Bertz CT molecular complexity index is 779. The molecule has 0 atom stereocenters. The molecule has 0 amide bonds. The van der Waals surface area contributed by atoms with Gasteiger partial charge in [-0.25, -0.2) is 0 Å². The molecule has 0 radical (unpaired) electrons. The molecule has 106 valence electrons. The van der Waals surface area contributed by atoms with Crippen molar-refractivity contribution in [2.75, 3.05) is 5.75 Å². The smallest absolute Gasteiger partial charge is 0.147 e. The molecular formula is C17H13BrOS2. The lowest BCUT2D eigenvalue weighted by molar-refractivity contribution is -0.115. The molecule has 1 aromatic heterocycles. The van der Waals surface area contributed by atoms with Crippen LogP contribution in [0.15, 0.2) is 63.3 Å². The number of fused-ring (bicyclic) bond motifs is 1. The van der Waals surface area contributed by atoms with Gasteiger partial charge in [-0.1, -0.05) is 40.2 Å². The molecular weight excluding hydrogens is 364 g/mol. The Hall–Kier alpha value is -1.10. The van der Waals surface area contributed by atoms with E-state index in [0.717, 1.165) is 14.9 Å². The van der Waals surface area contributed by atoms with E-state index in [-0.39, 0.29) is 5.78 Å². The Morgan fingerprint density at radius 3 is 2.86 bits per heavy atom. The second-order valence-electron chi connectivity index (χ2n) is 4.72. The third-order valence-corrected chi connectivity index (χ3v) is 5.70. The lowest BCUT2D eigenvalue weighted by atomic mass is 10.1. The van der Waals surface area contributed by atoms with Crippen molar-refractivity contribution in [3.63, 3.8) is 0 Å². The van der Waals surface area contributed by atoms with E-state index in [1.54, 1.807) is 23.1 Å². The minimum Gasteiger partial charge on any atom is -0.298 e. The average molecular weight is 377 g/mol. The molecule has 0 aliphatic rings. The van der Waals surface area contributed by atoms with Crippen LogP contribution in [0.3, 0.4) is 0 Å². The number of hydrogen-bond donors (Lipinski definition) is 0. The van der Waals surface area contributed by atoms with Crippen molar-refractivity contribution in [2.24, 2.45) is 0 Å². The van der Waals surface area contributed by atoms with Crippen molar-refractivity contribution in [3.8, 4) is 0 Å². The SMILES string of the molecule is O=C(CSc1cccc(Br)c1)Cc1csc2ccccc12. The lowest BCUT2D eigenvalue weighted by Gasteiger charge is -2.02. The maximum Gasteiger partial charge on any atom is 0.147 e. The first kappa shape index (κ1) is 14.8. The zero-order valence-corrected chi connectivity index (χ0v) is 14.4. The maximum absolute atomic E-state index is 12.2. The van der Waals surface area contributed by atoms with E-state index in [2.05, 4.69) is 33.4 Å². The lowest BCUT2D eigenvalue weighted by Crippen LogP contribution is -2.05. The highest BCUT2D eigenvalue weighted by Gasteiger charge is 2.09. The molecule has 2 aromatic carbocycles. The van der Waals surface area contributed by atoms with Gasteiger partial charge in [0, 0.05) is 20.5 Å². The molecule has 3 rings (SSSR count). The zero-order chi connectivity index (χ0) is 14.7. The summed E-state index contributed by atoms with van der Waals surface area (Å²) < 4.78 is 2.30. The normalized spacial score (nSPS) is 10.9. The van der Waals surface area contributed by atoms with E-state index in [4.69, 9.17) is 0 Å². The van der Waals surface area contributed by atoms with Crippen LogP contribution in [0, 0.1) is 0 Å². The molecule has 1 heterocycles. The Morgan fingerprint density at radius 2 is 2.00 bits per heavy atom. The van der Waals surface area contributed by atoms with Gasteiger partial charge in [0.15, 0.2) is 0 Å². The van der Waals surface area contributed by atoms with Crippen LogP contribution in [0.5, 0.6) is 0 Å². The summed E-state index contributed by atoms with van der Waals surface area (Å²) in [6, 6.07) is 16.3. The van der Waals surface area contributed by atoms with Crippen molar-refractivity contribution in [3.05, 3.63) is 63.9 Å². The van der Waals surface area contributed by atoms with E-state index in [0.29, 0.717) is 12.2 Å². The highest BCUT2D eigenvalue weighted by atomic mass is 79.9. The minimum atomic E-state index is 0.267. The maximum atomic E-state index is 12.2. The van der Waals surface area contributed by atoms with E-state index in [1.165, 1.54) is 10.1 Å². The summed E-state index contributed by atoms with van der Waals surface area (Å²) in [4.78, 5) is 13.3. The number of benzene rings is 2. The van der Waals surface area contributed by atoms with Gasteiger partial charge < -0.3 is 0 Å². The van der Waals surface area contributed by atoms with Crippen LogP contribution in [-0.4, -0.2) is 11.5 Å². The van der Waals surface area contributed by atoms with Crippen LogP contribution in [0.2, 0.25) is 0 Å². The highest BCUT2D eigenvalue weighted by Crippen LogP contribution is 2.27. The molecule has 0 saturated carbocycles. The number of ketones is 1. The molecule has 0 bridgehead atoms. The van der Waals surface area contributed by atoms with E-state index in [1.807, 2.05) is 36.4 Å². The standard InChI is InChI=1S/C17H13BrOS2/c18-13-4-3-5-15(9-13)20-11-14(19)8-12-10-21-17-7-2-1-6-16(12)17/h1-7,9-10H,8,11H2. The Kier molecular flexibility index (Phi) is 4.78. The second kappa shape index (κ2) is 6.77. The molecule has 0 spiro atoms. The summed E-state index contributed by atoms with van der Waals surface area (Å²) in [6.07, 6.45) is 0.519. The van der Waals surface area contributed by atoms with Crippen molar-refractivity contribution in [1.29, 1.82) is 0 Å². The summed E-state index contributed by atoms with van der Waals surface area (Å²) in [5.74, 6) is 0.782. The largest absolute Gasteiger partial charge is 0.298 e. The zero-order valence-electron chi connectivity index (χ0n) is 11.2. The van der Waals surface area contributed by atoms with Gasteiger partial charge in [0.1, 0.15) is 5.78 Å². The molecule has 0 aliphatic heterocycles. The van der Waals surface area contributed by atoms with Crippen molar-refractivity contribution in [2.45, 2.75) is 11.3 Å². The number of thioether (sulfide) groups is 1. The Balaban J connectivity index is 1.64. The fourth-order valence-corrected chi connectivity index (χ4v) is 4.48. The number of thiophene rings is 1. The van der Waals surface area contributed by atoms with Gasteiger partial charge in [0.05, 0.1) is 5.75 Å². The molecule has 0 unspecified atom stereocenters. The van der Waals surface area contributed by atoms with Gasteiger partial charge in [0.2, 0.25) is 0 Å². The minimum absolute atomic E-state index is 0.267. The topological polar surface area (TPSA) is 17.1 Å². The summed E-state index contributed by atoms with van der Waals surface area (Å²) >= 11 is 6.75.